The fraction of sp³-hybridized carbons (Fsp3) is 0.600. The van der Waals surface area contributed by atoms with Crippen molar-refractivity contribution in [1.29, 1.82) is 0 Å². The molecule has 0 spiro atoms. The van der Waals surface area contributed by atoms with Crippen LogP contribution >= 0.6 is 0 Å². The smallest absolute Gasteiger partial charge is 0.0990 e. The van der Waals surface area contributed by atoms with E-state index in [0.29, 0.717) is 6.54 Å². The third kappa shape index (κ3) is 5.16. The van der Waals surface area contributed by atoms with Crippen LogP contribution in [0.2, 0.25) is 0 Å². The van der Waals surface area contributed by atoms with Gasteiger partial charge in [-0.3, -0.25) is 0 Å². The Kier molecular flexibility index (Phi) is 7.13. The summed E-state index contributed by atoms with van der Waals surface area (Å²) in [5.74, 6) is 6.48. The van der Waals surface area contributed by atoms with E-state index in [1.54, 1.807) is 0 Å². The molecule has 0 aromatic heterocycles. The average molecular weight is 301 g/mol. The van der Waals surface area contributed by atoms with Crippen LogP contribution in [0.25, 0.3) is 0 Å². The minimum absolute atomic E-state index is 0.146. The zero-order valence-corrected chi connectivity index (χ0v) is 15.0. The maximum Gasteiger partial charge on any atom is 0.0990 e. The number of hydrogen-bond donors (Lipinski definition) is 1. The van der Waals surface area contributed by atoms with Gasteiger partial charge in [-0.1, -0.05) is 69.9 Å². The summed E-state index contributed by atoms with van der Waals surface area (Å²) in [6.07, 6.45) is 2.28. The highest BCUT2D eigenvalue weighted by Gasteiger charge is 2.33. The molecule has 22 heavy (non-hydrogen) atoms. The quantitative estimate of drug-likeness (QED) is 0.563. The fourth-order valence-electron chi connectivity index (χ4n) is 2.88. The maximum atomic E-state index is 10.6. The first-order valence-corrected chi connectivity index (χ1v) is 8.25. The van der Waals surface area contributed by atoms with Crippen LogP contribution in [0.3, 0.4) is 0 Å². The van der Waals surface area contributed by atoms with Gasteiger partial charge in [-0.05, 0) is 37.2 Å². The van der Waals surface area contributed by atoms with Gasteiger partial charge in [0.05, 0.1) is 12.6 Å². The number of aryl methyl sites for hydroxylation is 1. The Morgan fingerprint density at radius 2 is 1.82 bits per heavy atom. The van der Waals surface area contributed by atoms with Crippen molar-refractivity contribution in [3.05, 3.63) is 35.4 Å². The molecular weight excluding hydrogens is 270 g/mol. The Balaban J connectivity index is 2.88. The second kappa shape index (κ2) is 8.36. The zero-order valence-electron chi connectivity index (χ0n) is 15.0. The summed E-state index contributed by atoms with van der Waals surface area (Å²) in [5, 5.41) is 12.0. The molecule has 1 rings (SSSR count). The molecule has 0 heterocycles. The van der Waals surface area contributed by atoms with Gasteiger partial charge in [0.1, 0.15) is 0 Å². The first-order valence-electron chi connectivity index (χ1n) is 8.25. The van der Waals surface area contributed by atoms with Crippen LogP contribution in [0.15, 0.2) is 24.3 Å². The summed E-state index contributed by atoms with van der Waals surface area (Å²) in [6, 6.07) is 8.14. The lowest BCUT2D eigenvalue weighted by atomic mass is 9.73. The monoisotopic (exact) mass is 301 g/mol. The van der Waals surface area contributed by atoms with Crippen LogP contribution < -0.4 is 0 Å². The predicted octanol–water partition coefficient (Wildman–Crippen LogP) is 5.04. The van der Waals surface area contributed by atoms with Gasteiger partial charge in [0.15, 0.2) is 0 Å². The molecule has 0 unspecified atom stereocenters. The molecule has 0 saturated heterocycles. The lowest BCUT2D eigenvalue weighted by Gasteiger charge is -2.38. The van der Waals surface area contributed by atoms with Crippen LogP contribution in [0.4, 0.5) is 0 Å². The molecule has 0 aliphatic heterocycles. The van der Waals surface area contributed by atoms with Crippen LogP contribution in [-0.2, 0) is 6.54 Å². The maximum absolute atomic E-state index is 10.6. The first-order chi connectivity index (χ1) is 10.3. The van der Waals surface area contributed by atoms with Crippen LogP contribution in [-0.4, -0.2) is 16.3 Å². The van der Waals surface area contributed by atoms with Gasteiger partial charge in [-0.25, -0.2) is 0 Å². The molecule has 2 nitrogen and oxygen atoms in total. The van der Waals surface area contributed by atoms with E-state index in [0.717, 1.165) is 18.4 Å². The number of benzene rings is 1. The number of hydrogen-bond acceptors (Lipinski definition) is 2. The van der Waals surface area contributed by atoms with Crippen LogP contribution in [0, 0.1) is 30.1 Å². The van der Waals surface area contributed by atoms with Crippen molar-refractivity contribution in [3.63, 3.8) is 0 Å². The van der Waals surface area contributed by atoms with E-state index in [4.69, 9.17) is 0 Å². The molecule has 1 aromatic carbocycles. The van der Waals surface area contributed by atoms with E-state index in [1.807, 2.05) is 6.92 Å². The third-order valence-electron chi connectivity index (χ3n) is 4.68. The molecule has 2 heteroatoms. The molecule has 0 fully saturated rings. The van der Waals surface area contributed by atoms with E-state index in [1.165, 1.54) is 10.6 Å². The second-order valence-corrected chi connectivity index (χ2v) is 6.95. The normalized spacial score (nSPS) is 14.4. The summed E-state index contributed by atoms with van der Waals surface area (Å²) in [6.45, 7) is 13.4. The Morgan fingerprint density at radius 1 is 1.23 bits per heavy atom. The molecule has 0 aliphatic rings. The van der Waals surface area contributed by atoms with Crippen molar-refractivity contribution in [3.8, 4) is 11.8 Å². The highest BCUT2D eigenvalue weighted by atomic mass is 16.5. The van der Waals surface area contributed by atoms with Crippen LogP contribution in [0.5, 0.6) is 0 Å². The van der Waals surface area contributed by atoms with Crippen molar-refractivity contribution in [2.75, 3.05) is 0 Å². The highest BCUT2D eigenvalue weighted by Crippen LogP contribution is 2.35. The van der Waals surface area contributed by atoms with Gasteiger partial charge in [0.2, 0.25) is 0 Å². The third-order valence-corrected chi connectivity index (χ3v) is 4.68. The summed E-state index contributed by atoms with van der Waals surface area (Å²) in [4.78, 5) is 0. The Bertz CT molecular complexity index is 507. The lowest BCUT2D eigenvalue weighted by Crippen LogP contribution is -2.42. The first kappa shape index (κ1) is 18.7. The van der Waals surface area contributed by atoms with Gasteiger partial charge < -0.3 is 5.21 Å². The average Bonchev–Trinajstić information content (AvgIpc) is 2.46. The fourth-order valence-corrected chi connectivity index (χ4v) is 2.88. The molecule has 1 N–H and O–H groups in total. The Morgan fingerprint density at radius 3 is 2.32 bits per heavy atom. The van der Waals surface area contributed by atoms with Crippen molar-refractivity contribution in [2.45, 2.75) is 67.0 Å². The predicted molar refractivity (Wildman–Crippen MR) is 93.6 cm³/mol. The number of rotatable bonds is 7. The van der Waals surface area contributed by atoms with Crippen LogP contribution in [0.1, 0.15) is 58.6 Å². The topological polar surface area (TPSA) is 23.5 Å². The van der Waals surface area contributed by atoms with Gasteiger partial charge in [-0.15, -0.1) is 5.92 Å². The van der Waals surface area contributed by atoms with Gasteiger partial charge >= 0.3 is 0 Å². The van der Waals surface area contributed by atoms with E-state index in [2.05, 4.69) is 70.7 Å². The van der Waals surface area contributed by atoms with Crippen molar-refractivity contribution < 1.29 is 5.21 Å². The molecular formula is C20H31NO. The van der Waals surface area contributed by atoms with E-state index in [9.17, 15) is 5.21 Å². The highest BCUT2D eigenvalue weighted by molar-refractivity contribution is 5.21. The summed E-state index contributed by atoms with van der Waals surface area (Å²) >= 11 is 0. The van der Waals surface area contributed by atoms with E-state index in [-0.39, 0.29) is 17.4 Å². The van der Waals surface area contributed by atoms with Crippen molar-refractivity contribution >= 4 is 0 Å². The molecule has 0 bridgehead atoms. The molecule has 0 amide bonds. The van der Waals surface area contributed by atoms with Crippen molar-refractivity contribution in [2.24, 2.45) is 11.3 Å². The summed E-state index contributed by atoms with van der Waals surface area (Å²) in [7, 11) is 0. The summed E-state index contributed by atoms with van der Waals surface area (Å²) in [5.41, 5.74) is 2.49. The largest absolute Gasteiger partial charge is 0.312 e. The lowest BCUT2D eigenvalue weighted by molar-refractivity contribution is -0.142. The van der Waals surface area contributed by atoms with Gasteiger partial charge in [-0.2, -0.15) is 5.06 Å². The SMILES string of the molecule is CC#C[C@H]([C@@H](C)C(C)(C)CCC)N(O)Cc1ccc(C)cc1. The molecule has 0 radical (unpaired) electrons. The number of hydroxylamine groups is 2. The molecule has 2 atom stereocenters. The minimum Gasteiger partial charge on any atom is -0.312 e. The molecule has 122 valence electrons. The Labute approximate surface area is 136 Å². The molecule has 0 aliphatic carbocycles. The molecule has 0 saturated carbocycles. The summed E-state index contributed by atoms with van der Waals surface area (Å²) < 4.78 is 0. The van der Waals surface area contributed by atoms with E-state index >= 15 is 0 Å². The Hall–Kier alpha value is -1.30. The number of nitrogens with zero attached hydrogens (tertiary/aromatic N) is 1. The van der Waals surface area contributed by atoms with E-state index < -0.39 is 0 Å². The zero-order chi connectivity index (χ0) is 16.8. The second-order valence-electron chi connectivity index (χ2n) is 6.95. The standard InChI is InChI=1S/C20H31NO/c1-7-9-19(17(4)20(5,6)14-8-2)21(22)15-18-12-10-16(3)11-13-18/h10-13,17,19,22H,8,14-15H2,1-6H3/t17-,19-/m1/s1. The minimum atomic E-state index is -0.146. The van der Waals surface area contributed by atoms with Gasteiger partial charge in [0, 0.05) is 0 Å². The van der Waals surface area contributed by atoms with Gasteiger partial charge in [0.25, 0.3) is 0 Å². The molecule has 1 aromatic rings. The van der Waals surface area contributed by atoms with Crippen molar-refractivity contribution in [1.82, 2.24) is 5.06 Å².